The zero-order chi connectivity index (χ0) is 31.4. The van der Waals surface area contributed by atoms with E-state index < -0.39 is 54.6 Å². The second-order valence-corrected chi connectivity index (χ2v) is 11.2. The molecule has 1 spiro atoms. The van der Waals surface area contributed by atoms with Crippen molar-refractivity contribution in [2.75, 3.05) is 6.54 Å². The monoisotopic (exact) mass is 613 g/mol. The van der Waals surface area contributed by atoms with Gasteiger partial charge in [0.2, 0.25) is 11.5 Å². The minimum Gasteiger partial charge on any atom is -0.451 e. The fourth-order valence-corrected chi connectivity index (χ4v) is 5.54. The van der Waals surface area contributed by atoms with Crippen LogP contribution in [0.4, 0.5) is 22.4 Å². The third-order valence-electron chi connectivity index (χ3n) is 8.21. The molecule has 3 aromatic rings. The Morgan fingerprint density at radius 2 is 1.82 bits per heavy atom. The molecule has 0 bridgehead atoms. The van der Waals surface area contributed by atoms with Crippen molar-refractivity contribution < 1.29 is 45.9 Å². The van der Waals surface area contributed by atoms with E-state index in [1.165, 1.54) is 12.1 Å². The average Bonchev–Trinajstić information content (AvgIpc) is 3.43. The minimum absolute atomic E-state index is 0.0759. The van der Waals surface area contributed by atoms with Gasteiger partial charge in [0.25, 0.3) is 11.8 Å². The number of halogens is 4. The zero-order valence-electron chi connectivity index (χ0n) is 23.4. The lowest BCUT2D eigenvalue weighted by Gasteiger charge is -2.31. The number of furan rings is 1. The Hall–Kier alpha value is -4.68. The largest absolute Gasteiger partial charge is 0.451 e. The number of hydrogen-bond acceptors (Lipinski definition) is 6. The first-order valence-corrected chi connectivity index (χ1v) is 14.1. The molecule has 1 saturated heterocycles. The second-order valence-electron chi connectivity index (χ2n) is 11.2. The molecule has 9 nitrogen and oxygen atoms in total. The van der Waals surface area contributed by atoms with Gasteiger partial charge in [0.05, 0.1) is 0 Å². The van der Waals surface area contributed by atoms with Crippen molar-refractivity contribution in [1.29, 1.82) is 0 Å². The van der Waals surface area contributed by atoms with Crippen molar-refractivity contribution in [2.24, 2.45) is 0 Å². The number of hydrogen-bond donors (Lipinski definition) is 1. The molecule has 44 heavy (non-hydrogen) atoms. The molecule has 1 N–H and O–H groups in total. The van der Waals surface area contributed by atoms with Crippen LogP contribution in [0.3, 0.4) is 0 Å². The van der Waals surface area contributed by atoms with Crippen LogP contribution >= 0.6 is 0 Å². The molecule has 230 valence electrons. The summed E-state index contributed by atoms with van der Waals surface area (Å²) in [6.07, 6.45) is -3.67. The van der Waals surface area contributed by atoms with Crippen LogP contribution in [-0.2, 0) is 32.9 Å². The summed E-state index contributed by atoms with van der Waals surface area (Å²) in [5, 5.41) is 2.85. The number of ether oxygens (including phenoxy) is 1. The van der Waals surface area contributed by atoms with Gasteiger partial charge < -0.3 is 19.4 Å². The molecule has 2 fully saturated rings. The number of alkyl halides is 3. The van der Waals surface area contributed by atoms with Crippen LogP contribution in [0.1, 0.15) is 53.4 Å². The maximum absolute atomic E-state index is 13.7. The Bertz CT molecular complexity index is 1650. The normalized spacial score (nSPS) is 20.1. The molecule has 1 saturated carbocycles. The van der Waals surface area contributed by atoms with Gasteiger partial charge >= 0.3 is 12.3 Å². The Morgan fingerprint density at radius 3 is 2.50 bits per heavy atom. The summed E-state index contributed by atoms with van der Waals surface area (Å²) in [6, 6.07) is 10.8. The van der Waals surface area contributed by atoms with Gasteiger partial charge in [0.1, 0.15) is 24.2 Å². The molecular weight excluding hydrogens is 586 g/mol. The van der Waals surface area contributed by atoms with Gasteiger partial charge in [0, 0.05) is 30.1 Å². The number of amides is 4. The number of carbonyl (C=O) groups excluding carboxylic acids is 4. The summed E-state index contributed by atoms with van der Waals surface area (Å²) < 4.78 is 65.7. The van der Waals surface area contributed by atoms with E-state index in [9.17, 15) is 36.7 Å². The van der Waals surface area contributed by atoms with Crippen LogP contribution in [-0.4, -0.2) is 58.4 Å². The molecule has 2 aliphatic carbocycles. The fourth-order valence-electron chi connectivity index (χ4n) is 5.54. The number of fused-ring (bicyclic) bond motifs is 2. The van der Waals surface area contributed by atoms with Gasteiger partial charge in [-0.25, -0.2) is 14.1 Å². The summed E-state index contributed by atoms with van der Waals surface area (Å²) in [5.74, 6) is -2.29. The first-order valence-electron chi connectivity index (χ1n) is 14.1. The molecule has 1 aromatic heterocycles. The van der Waals surface area contributed by atoms with Crippen molar-refractivity contribution >= 4 is 23.8 Å². The van der Waals surface area contributed by atoms with E-state index in [4.69, 9.17) is 9.15 Å². The average molecular weight is 614 g/mol. The smallest absolute Gasteiger partial charge is 0.418 e. The molecule has 2 atom stereocenters. The number of aryl methyl sites for hydroxylation is 1. The summed E-state index contributed by atoms with van der Waals surface area (Å²) in [6.45, 7) is -0.698. The quantitative estimate of drug-likeness (QED) is 0.355. The number of nitrogens with zero attached hydrogens (tertiary/aromatic N) is 2. The van der Waals surface area contributed by atoms with Crippen LogP contribution in [0.2, 0.25) is 0 Å². The lowest BCUT2D eigenvalue weighted by atomic mass is 9.94. The minimum atomic E-state index is -4.80. The molecule has 6 rings (SSSR count). The number of nitrogens with one attached hydrogen (secondary N) is 1. The van der Waals surface area contributed by atoms with Crippen molar-refractivity contribution in [2.45, 2.75) is 63.0 Å². The van der Waals surface area contributed by atoms with E-state index in [0.29, 0.717) is 38.7 Å². The Balaban J connectivity index is 1.20. The summed E-state index contributed by atoms with van der Waals surface area (Å²) in [7, 11) is 0. The summed E-state index contributed by atoms with van der Waals surface area (Å²) in [4.78, 5) is 53.1. The maximum atomic E-state index is 13.7. The van der Waals surface area contributed by atoms with Crippen LogP contribution in [0.15, 0.2) is 59.0 Å². The topological polar surface area (TPSA) is 109 Å². The lowest BCUT2D eigenvalue weighted by molar-refractivity contribution is -0.187. The molecule has 2 heterocycles. The van der Waals surface area contributed by atoms with Crippen LogP contribution in [0, 0.1) is 5.82 Å². The molecule has 13 heteroatoms. The Morgan fingerprint density at radius 1 is 1.09 bits per heavy atom. The number of rotatable bonds is 8. The van der Waals surface area contributed by atoms with E-state index in [-0.39, 0.29) is 29.7 Å². The van der Waals surface area contributed by atoms with E-state index in [2.05, 4.69) is 5.32 Å². The highest BCUT2D eigenvalue weighted by molar-refractivity contribution is 6.06. The standard InChI is InChI=1S/C31H27F4N3O6/c1-17(31(33,34)35)37(15-18-2-5-21(32)6-3-18)26(39)16-38-28(41)30(44-29(38)42)13-12-19-14-20(4-9-23(19)30)24-10-11-25(43-24)27(40)36-22-7-8-22/h2-6,9-11,14,17,22H,7-8,12-13,15-16H2,1H3,(H,36,40)/t17-,30+/m0/s1. The van der Waals surface area contributed by atoms with Gasteiger partial charge in [-0.05, 0) is 67.6 Å². The number of imide groups is 1. The van der Waals surface area contributed by atoms with E-state index in [1.54, 1.807) is 30.3 Å². The molecule has 3 aliphatic rings. The Kier molecular flexibility index (Phi) is 7.21. The van der Waals surface area contributed by atoms with Crippen molar-refractivity contribution in [1.82, 2.24) is 15.1 Å². The van der Waals surface area contributed by atoms with Crippen molar-refractivity contribution in [3.8, 4) is 11.3 Å². The third kappa shape index (κ3) is 5.42. The third-order valence-corrected chi connectivity index (χ3v) is 8.21. The van der Waals surface area contributed by atoms with E-state index in [0.717, 1.165) is 31.9 Å². The van der Waals surface area contributed by atoms with Crippen LogP contribution in [0.25, 0.3) is 11.3 Å². The fraction of sp³-hybridized carbons (Fsp3) is 0.355. The molecule has 4 amide bonds. The molecule has 0 radical (unpaired) electrons. The van der Waals surface area contributed by atoms with Crippen molar-refractivity contribution in [3.63, 3.8) is 0 Å². The van der Waals surface area contributed by atoms with E-state index in [1.807, 2.05) is 0 Å². The zero-order valence-corrected chi connectivity index (χ0v) is 23.4. The highest BCUT2D eigenvalue weighted by Crippen LogP contribution is 2.46. The van der Waals surface area contributed by atoms with Crippen LogP contribution in [0.5, 0.6) is 0 Å². The Labute approximate surface area is 248 Å². The predicted molar refractivity (Wildman–Crippen MR) is 145 cm³/mol. The van der Waals surface area contributed by atoms with Gasteiger partial charge in [-0.15, -0.1) is 0 Å². The van der Waals surface area contributed by atoms with Gasteiger partial charge in [0.15, 0.2) is 5.76 Å². The molecule has 1 aliphatic heterocycles. The SMILES string of the molecule is C[C@H](N(Cc1ccc(F)cc1)C(=O)CN1C(=O)O[C@@]2(CCc3cc(-c4ccc(C(=O)NC5CC5)o4)ccc32)C1=O)C(F)(F)F. The van der Waals surface area contributed by atoms with E-state index >= 15 is 0 Å². The summed E-state index contributed by atoms with van der Waals surface area (Å²) in [5.41, 5.74) is 0.227. The number of carbonyl (C=O) groups is 4. The highest BCUT2D eigenvalue weighted by Gasteiger charge is 2.58. The van der Waals surface area contributed by atoms with Crippen molar-refractivity contribution in [3.05, 3.63) is 82.9 Å². The first kappa shape index (κ1) is 29.4. The highest BCUT2D eigenvalue weighted by atomic mass is 19.4. The lowest BCUT2D eigenvalue weighted by Crippen LogP contribution is -2.51. The molecule has 2 aromatic carbocycles. The predicted octanol–water partition coefficient (Wildman–Crippen LogP) is 5.08. The van der Waals surface area contributed by atoms with Gasteiger partial charge in [-0.1, -0.05) is 24.3 Å². The number of benzene rings is 2. The first-order chi connectivity index (χ1) is 20.9. The van der Waals surface area contributed by atoms with Gasteiger partial charge in [-0.3, -0.25) is 14.4 Å². The van der Waals surface area contributed by atoms with Crippen LogP contribution < -0.4 is 5.32 Å². The second kappa shape index (κ2) is 10.8. The van der Waals surface area contributed by atoms with Gasteiger partial charge in [-0.2, -0.15) is 13.2 Å². The molecular formula is C31H27F4N3O6. The molecule has 0 unspecified atom stereocenters. The maximum Gasteiger partial charge on any atom is 0.418 e. The summed E-state index contributed by atoms with van der Waals surface area (Å²) >= 11 is 0.